The third-order valence-electron chi connectivity index (χ3n) is 5.30. The molecule has 0 bridgehead atoms. The molecule has 0 radical (unpaired) electrons. The average Bonchev–Trinajstić information content (AvgIpc) is 3.51. The average molecular weight is 376 g/mol. The third kappa shape index (κ3) is 5.76. The van der Waals surface area contributed by atoms with Crippen LogP contribution in [0.2, 0.25) is 0 Å². The lowest BCUT2D eigenvalue weighted by molar-refractivity contribution is -0.147. The summed E-state index contributed by atoms with van der Waals surface area (Å²) in [5.41, 5.74) is 0.392. The van der Waals surface area contributed by atoms with E-state index in [9.17, 15) is 14.0 Å². The predicted molar refractivity (Wildman–Crippen MR) is 101 cm³/mol. The summed E-state index contributed by atoms with van der Waals surface area (Å²) in [6.45, 7) is 3.75. The molecule has 2 atom stereocenters. The van der Waals surface area contributed by atoms with Gasteiger partial charge in [-0.15, -0.1) is 0 Å². The van der Waals surface area contributed by atoms with E-state index in [-0.39, 0.29) is 42.8 Å². The molecule has 6 heteroatoms. The summed E-state index contributed by atoms with van der Waals surface area (Å²) in [5, 5.41) is 2.74. The Morgan fingerprint density at radius 2 is 1.96 bits per heavy atom. The molecular formula is C21H29FN2O3. The molecule has 0 unspecified atom stereocenters. The van der Waals surface area contributed by atoms with Gasteiger partial charge in [-0.25, -0.2) is 4.39 Å². The van der Waals surface area contributed by atoms with Crippen molar-refractivity contribution >= 4 is 11.8 Å². The van der Waals surface area contributed by atoms with Gasteiger partial charge in [0.2, 0.25) is 5.91 Å². The molecule has 27 heavy (non-hydrogen) atoms. The van der Waals surface area contributed by atoms with E-state index in [4.69, 9.17) is 4.74 Å². The summed E-state index contributed by atoms with van der Waals surface area (Å²) < 4.78 is 19.1. The summed E-state index contributed by atoms with van der Waals surface area (Å²) in [5.74, 6) is -0.00824. The number of benzene rings is 1. The number of nitrogens with zero attached hydrogens (tertiary/aromatic N) is 1. The Morgan fingerprint density at radius 1 is 1.22 bits per heavy atom. The lowest BCUT2D eigenvalue weighted by atomic mass is 10.1. The Bertz CT molecular complexity index is 645. The van der Waals surface area contributed by atoms with Crippen LogP contribution in [0.1, 0.15) is 55.8 Å². The second-order valence-electron chi connectivity index (χ2n) is 7.59. The van der Waals surface area contributed by atoms with E-state index in [0.29, 0.717) is 24.6 Å². The molecular weight excluding hydrogens is 347 g/mol. The van der Waals surface area contributed by atoms with Gasteiger partial charge in [0.15, 0.2) is 0 Å². The molecule has 1 N–H and O–H groups in total. The SMILES string of the molecule is CCCC[C@@H]1CN(C(=O)CCNC(=O)c2ccc(F)cc2)C[C@H](C2CC2)O1. The van der Waals surface area contributed by atoms with Crippen molar-refractivity contribution in [2.24, 2.45) is 5.92 Å². The molecule has 1 aromatic rings. The minimum atomic E-state index is -0.378. The van der Waals surface area contributed by atoms with Crippen LogP contribution in [0, 0.1) is 11.7 Å². The molecule has 1 aromatic carbocycles. The molecule has 0 aromatic heterocycles. The second-order valence-corrected chi connectivity index (χ2v) is 7.59. The van der Waals surface area contributed by atoms with Gasteiger partial charge in [0.1, 0.15) is 5.82 Å². The largest absolute Gasteiger partial charge is 0.371 e. The van der Waals surface area contributed by atoms with Crippen molar-refractivity contribution in [1.82, 2.24) is 10.2 Å². The second kappa shape index (κ2) is 9.31. The van der Waals surface area contributed by atoms with Crippen molar-refractivity contribution in [1.29, 1.82) is 0 Å². The molecule has 2 fully saturated rings. The third-order valence-corrected chi connectivity index (χ3v) is 5.30. The molecule has 1 heterocycles. The van der Waals surface area contributed by atoms with E-state index < -0.39 is 0 Å². The van der Waals surface area contributed by atoms with Crippen LogP contribution in [0.15, 0.2) is 24.3 Å². The summed E-state index contributed by atoms with van der Waals surface area (Å²) in [6, 6.07) is 5.38. The number of hydrogen-bond acceptors (Lipinski definition) is 3. The first kappa shape index (κ1) is 19.8. The molecule has 2 amide bonds. The fourth-order valence-corrected chi connectivity index (χ4v) is 3.54. The number of ether oxygens (including phenoxy) is 1. The van der Waals surface area contributed by atoms with Crippen LogP contribution in [0.5, 0.6) is 0 Å². The van der Waals surface area contributed by atoms with E-state index in [1.54, 1.807) is 0 Å². The first-order valence-corrected chi connectivity index (χ1v) is 10.0. The van der Waals surface area contributed by atoms with Crippen molar-refractivity contribution in [2.75, 3.05) is 19.6 Å². The van der Waals surface area contributed by atoms with Gasteiger partial charge in [0.05, 0.1) is 12.2 Å². The fourth-order valence-electron chi connectivity index (χ4n) is 3.54. The molecule has 1 saturated carbocycles. The van der Waals surface area contributed by atoms with Gasteiger partial charge in [-0.2, -0.15) is 0 Å². The summed E-state index contributed by atoms with van der Waals surface area (Å²) in [7, 11) is 0. The van der Waals surface area contributed by atoms with Crippen LogP contribution in [-0.2, 0) is 9.53 Å². The molecule has 1 aliphatic carbocycles. The van der Waals surface area contributed by atoms with Gasteiger partial charge >= 0.3 is 0 Å². The number of unbranched alkanes of at least 4 members (excludes halogenated alkanes) is 1. The fraction of sp³-hybridized carbons (Fsp3) is 0.619. The highest BCUT2D eigenvalue weighted by atomic mass is 19.1. The summed E-state index contributed by atoms with van der Waals surface area (Å²) in [6.07, 6.45) is 6.17. The molecule has 1 aliphatic heterocycles. The maximum atomic E-state index is 12.9. The number of halogens is 1. The molecule has 3 rings (SSSR count). The van der Waals surface area contributed by atoms with Crippen LogP contribution < -0.4 is 5.32 Å². The molecule has 148 valence electrons. The van der Waals surface area contributed by atoms with Gasteiger partial charge in [-0.1, -0.05) is 19.8 Å². The highest BCUT2D eigenvalue weighted by Crippen LogP contribution is 2.37. The Morgan fingerprint density at radius 3 is 2.63 bits per heavy atom. The van der Waals surface area contributed by atoms with E-state index >= 15 is 0 Å². The number of carbonyl (C=O) groups is 2. The Labute approximate surface area is 160 Å². The smallest absolute Gasteiger partial charge is 0.251 e. The normalized spacial score (nSPS) is 22.5. The zero-order valence-corrected chi connectivity index (χ0v) is 16.0. The summed E-state index contributed by atoms with van der Waals surface area (Å²) in [4.78, 5) is 26.6. The Hall–Kier alpha value is -1.95. The Kier molecular flexibility index (Phi) is 6.83. The van der Waals surface area contributed by atoms with Gasteiger partial charge in [-0.05, 0) is 49.4 Å². The number of rotatable bonds is 8. The Balaban J connectivity index is 1.47. The van der Waals surface area contributed by atoms with Gasteiger partial charge < -0.3 is 15.0 Å². The van der Waals surface area contributed by atoms with E-state index in [1.165, 1.54) is 37.1 Å². The number of carbonyl (C=O) groups excluding carboxylic acids is 2. The van der Waals surface area contributed by atoms with Gasteiger partial charge in [0, 0.05) is 31.6 Å². The van der Waals surface area contributed by atoms with Crippen LogP contribution in [-0.4, -0.2) is 48.6 Å². The maximum Gasteiger partial charge on any atom is 0.251 e. The minimum absolute atomic E-state index is 0.0601. The van der Waals surface area contributed by atoms with E-state index in [1.807, 2.05) is 4.90 Å². The molecule has 1 saturated heterocycles. The quantitative estimate of drug-likeness (QED) is 0.758. The predicted octanol–water partition coefficient (Wildman–Crippen LogP) is 3.14. The highest BCUT2D eigenvalue weighted by molar-refractivity contribution is 5.94. The topological polar surface area (TPSA) is 58.6 Å². The van der Waals surface area contributed by atoms with Crippen molar-refractivity contribution < 1.29 is 18.7 Å². The van der Waals surface area contributed by atoms with Crippen molar-refractivity contribution in [3.63, 3.8) is 0 Å². The lowest BCUT2D eigenvalue weighted by Gasteiger charge is -2.38. The maximum absolute atomic E-state index is 12.9. The lowest BCUT2D eigenvalue weighted by Crippen LogP contribution is -2.51. The van der Waals surface area contributed by atoms with Crippen molar-refractivity contribution in [2.45, 2.75) is 57.7 Å². The number of nitrogens with one attached hydrogen (secondary N) is 1. The van der Waals surface area contributed by atoms with Gasteiger partial charge in [-0.3, -0.25) is 9.59 Å². The summed E-state index contributed by atoms with van der Waals surface area (Å²) >= 11 is 0. The number of hydrogen-bond donors (Lipinski definition) is 1. The van der Waals surface area contributed by atoms with Crippen LogP contribution in [0.3, 0.4) is 0 Å². The van der Waals surface area contributed by atoms with Crippen molar-refractivity contribution in [3.05, 3.63) is 35.6 Å². The monoisotopic (exact) mass is 376 g/mol. The van der Waals surface area contributed by atoms with E-state index in [2.05, 4.69) is 12.2 Å². The molecule has 0 spiro atoms. The molecule has 5 nitrogen and oxygen atoms in total. The van der Waals surface area contributed by atoms with Crippen LogP contribution >= 0.6 is 0 Å². The number of amides is 2. The first-order valence-electron chi connectivity index (χ1n) is 10.0. The zero-order chi connectivity index (χ0) is 19.2. The first-order chi connectivity index (χ1) is 13.1. The standard InChI is InChI=1S/C21H29FN2O3/c1-2-3-4-18-13-24(14-19(27-18)15-5-6-15)20(25)11-12-23-21(26)16-7-9-17(22)10-8-16/h7-10,15,18-19H,2-6,11-14H2,1H3,(H,23,26)/t18-,19-/m1/s1. The highest BCUT2D eigenvalue weighted by Gasteiger charge is 2.39. The van der Waals surface area contributed by atoms with Gasteiger partial charge in [0.25, 0.3) is 5.91 Å². The van der Waals surface area contributed by atoms with Crippen LogP contribution in [0.4, 0.5) is 4.39 Å². The van der Waals surface area contributed by atoms with E-state index in [0.717, 1.165) is 19.3 Å². The minimum Gasteiger partial charge on any atom is -0.371 e. The number of morpholine rings is 1. The zero-order valence-electron chi connectivity index (χ0n) is 16.0. The molecule has 2 aliphatic rings. The van der Waals surface area contributed by atoms with Crippen LogP contribution in [0.25, 0.3) is 0 Å². The van der Waals surface area contributed by atoms with Crippen molar-refractivity contribution in [3.8, 4) is 0 Å².